The molecule has 0 amide bonds. The number of benzene rings is 1. The van der Waals surface area contributed by atoms with Gasteiger partial charge >= 0.3 is 0 Å². The first-order valence-corrected chi connectivity index (χ1v) is 16.2. The van der Waals surface area contributed by atoms with Gasteiger partial charge in [0, 0.05) is 29.2 Å². The number of phenols is 1. The van der Waals surface area contributed by atoms with E-state index in [0.717, 1.165) is 5.56 Å². The number of aromatic hydroxyl groups is 1. The molecular weight excluding hydrogens is 564 g/mol. The molecule has 6 unspecified atom stereocenters. The van der Waals surface area contributed by atoms with Crippen molar-refractivity contribution in [2.24, 2.45) is 34.5 Å². The molecule has 6 rings (SSSR count). The third kappa shape index (κ3) is 4.48. The number of hydrogen-bond acceptors (Lipinski definition) is 9. The minimum Gasteiger partial charge on any atom is -0.508 e. The number of fused-ring (bicyclic) bond motifs is 5. The summed E-state index contributed by atoms with van der Waals surface area (Å²) in [5, 5.41) is 67.1. The summed E-state index contributed by atoms with van der Waals surface area (Å²) in [5.41, 5.74) is -3.94. The average molecular weight is 615 g/mol. The Morgan fingerprint density at radius 1 is 1.02 bits per heavy atom. The van der Waals surface area contributed by atoms with Gasteiger partial charge in [-0.1, -0.05) is 39.8 Å². The van der Waals surface area contributed by atoms with Gasteiger partial charge in [0.1, 0.15) is 5.75 Å². The van der Waals surface area contributed by atoms with E-state index in [1.807, 2.05) is 34.6 Å². The largest absolute Gasteiger partial charge is 0.508 e. The molecule has 13 atom stereocenters. The standard InChI is InChI=1S/C35H50O9/c1-18(2)33(5,41)17-28-34(6,44-30(43-28)19-7-9-20(36)10-8-19)27-11-12-35(42)22-14-23(37)21-13-24(38)25(39)15-31(21,3)29(22)26(40)16-32(27,35)4/h7-10,14,18,21,24-30,36,38-42H,11-13,15-17H2,1-6H3/t21?,24?,25?,26?,27-,28?,29+,30?,31-,32+,33+,34+,35+/m0/s1. The number of aliphatic hydroxyl groups is 5. The van der Waals surface area contributed by atoms with Crippen molar-refractivity contribution in [1.82, 2.24) is 0 Å². The van der Waals surface area contributed by atoms with Crippen molar-refractivity contribution in [1.29, 1.82) is 0 Å². The van der Waals surface area contributed by atoms with Gasteiger partial charge in [0.05, 0.1) is 41.2 Å². The van der Waals surface area contributed by atoms with Crippen LogP contribution >= 0.6 is 0 Å². The molecule has 1 aliphatic heterocycles. The van der Waals surface area contributed by atoms with Crippen molar-refractivity contribution >= 4 is 5.78 Å². The molecule has 4 aliphatic carbocycles. The van der Waals surface area contributed by atoms with Gasteiger partial charge < -0.3 is 40.1 Å². The van der Waals surface area contributed by atoms with Gasteiger partial charge in [0.2, 0.25) is 0 Å². The quantitative estimate of drug-likeness (QED) is 0.292. The van der Waals surface area contributed by atoms with E-state index in [9.17, 15) is 35.4 Å². The molecule has 5 aliphatic rings. The Kier molecular flexibility index (Phi) is 7.53. The van der Waals surface area contributed by atoms with E-state index in [1.165, 1.54) is 6.08 Å². The summed E-state index contributed by atoms with van der Waals surface area (Å²) in [6.45, 7) is 11.6. The number of carbonyl (C=O) groups is 1. The lowest BCUT2D eigenvalue weighted by molar-refractivity contribution is -0.191. The fraction of sp³-hybridized carbons (Fsp3) is 0.743. The summed E-state index contributed by atoms with van der Waals surface area (Å²) in [4.78, 5) is 13.6. The fourth-order valence-electron chi connectivity index (χ4n) is 9.97. The number of rotatable bonds is 5. The highest BCUT2D eigenvalue weighted by molar-refractivity contribution is 5.95. The summed E-state index contributed by atoms with van der Waals surface area (Å²) >= 11 is 0. The highest BCUT2D eigenvalue weighted by atomic mass is 16.7. The van der Waals surface area contributed by atoms with E-state index < -0.39 is 70.2 Å². The van der Waals surface area contributed by atoms with Crippen LogP contribution in [0.3, 0.4) is 0 Å². The van der Waals surface area contributed by atoms with Crippen molar-refractivity contribution < 1.29 is 44.9 Å². The maximum Gasteiger partial charge on any atom is 0.185 e. The lowest BCUT2D eigenvalue weighted by Gasteiger charge is -2.62. The van der Waals surface area contributed by atoms with Crippen molar-refractivity contribution in [2.75, 3.05) is 0 Å². The number of hydrogen-bond donors (Lipinski definition) is 6. The molecule has 1 saturated heterocycles. The first-order valence-electron chi connectivity index (χ1n) is 16.2. The Labute approximate surface area is 259 Å². The van der Waals surface area contributed by atoms with Gasteiger partial charge in [0.25, 0.3) is 0 Å². The smallest absolute Gasteiger partial charge is 0.185 e. The second-order valence-electron chi connectivity index (χ2n) is 15.8. The van der Waals surface area contributed by atoms with E-state index in [0.29, 0.717) is 18.4 Å². The topological polar surface area (TPSA) is 157 Å². The summed E-state index contributed by atoms with van der Waals surface area (Å²) in [6, 6.07) is 6.64. The van der Waals surface area contributed by atoms with Gasteiger partial charge in [-0.2, -0.15) is 0 Å². The number of phenolic OH excluding ortho intramolecular Hbond substituents is 1. The monoisotopic (exact) mass is 614 g/mol. The van der Waals surface area contributed by atoms with Crippen molar-refractivity contribution in [2.45, 2.75) is 128 Å². The zero-order valence-corrected chi connectivity index (χ0v) is 26.7. The molecule has 9 nitrogen and oxygen atoms in total. The van der Waals surface area contributed by atoms with Gasteiger partial charge in [-0.25, -0.2) is 0 Å². The third-order valence-electron chi connectivity index (χ3n) is 13.0. The molecule has 44 heavy (non-hydrogen) atoms. The Bertz CT molecular complexity index is 1320. The van der Waals surface area contributed by atoms with E-state index in [2.05, 4.69) is 0 Å². The lowest BCUT2D eigenvalue weighted by atomic mass is 9.44. The third-order valence-corrected chi connectivity index (χ3v) is 13.0. The molecule has 6 N–H and O–H groups in total. The zero-order chi connectivity index (χ0) is 32.2. The molecule has 0 spiro atoms. The van der Waals surface area contributed by atoms with E-state index >= 15 is 0 Å². The first kappa shape index (κ1) is 32.1. The fourth-order valence-corrected chi connectivity index (χ4v) is 9.97. The van der Waals surface area contributed by atoms with Crippen LogP contribution in [0.5, 0.6) is 5.75 Å². The Morgan fingerprint density at radius 2 is 1.68 bits per heavy atom. The Hall–Kier alpha value is -1.85. The van der Waals surface area contributed by atoms with Crippen LogP contribution in [-0.2, 0) is 14.3 Å². The minimum absolute atomic E-state index is 0.0621. The van der Waals surface area contributed by atoms with Crippen LogP contribution in [0.2, 0.25) is 0 Å². The van der Waals surface area contributed by atoms with Crippen LogP contribution in [-0.4, -0.2) is 77.6 Å². The number of allylic oxidation sites excluding steroid dienone is 1. The van der Waals surface area contributed by atoms with Crippen LogP contribution in [0, 0.1) is 34.5 Å². The normalized spacial score (nSPS) is 48.4. The van der Waals surface area contributed by atoms with Crippen LogP contribution in [0.1, 0.15) is 91.9 Å². The second kappa shape index (κ2) is 10.3. The van der Waals surface area contributed by atoms with E-state index in [4.69, 9.17) is 9.47 Å². The molecule has 1 heterocycles. The Morgan fingerprint density at radius 3 is 2.32 bits per heavy atom. The highest BCUT2D eigenvalue weighted by Crippen LogP contribution is 2.70. The molecule has 1 aromatic rings. The van der Waals surface area contributed by atoms with Crippen LogP contribution in [0.25, 0.3) is 0 Å². The molecule has 9 heteroatoms. The Balaban J connectivity index is 1.40. The van der Waals surface area contributed by atoms with Gasteiger partial charge in [-0.15, -0.1) is 0 Å². The van der Waals surface area contributed by atoms with Gasteiger partial charge in [0.15, 0.2) is 12.1 Å². The number of carbonyl (C=O) groups excluding carboxylic acids is 1. The minimum atomic E-state index is -1.42. The summed E-state index contributed by atoms with van der Waals surface area (Å²) in [5.74, 6) is -1.52. The number of aliphatic hydroxyl groups excluding tert-OH is 3. The maximum atomic E-state index is 13.6. The highest BCUT2D eigenvalue weighted by Gasteiger charge is 2.72. The summed E-state index contributed by atoms with van der Waals surface area (Å²) in [7, 11) is 0. The lowest BCUT2D eigenvalue weighted by Crippen LogP contribution is -2.66. The maximum absolute atomic E-state index is 13.6. The molecule has 1 aromatic carbocycles. The molecular formula is C35H50O9. The number of ether oxygens (including phenoxy) is 2. The molecule has 0 radical (unpaired) electrons. The van der Waals surface area contributed by atoms with Crippen molar-refractivity contribution in [3.05, 3.63) is 41.5 Å². The predicted octanol–water partition coefficient (Wildman–Crippen LogP) is 3.54. The van der Waals surface area contributed by atoms with Crippen molar-refractivity contribution in [3.8, 4) is 5.75 Å². The van der Waals surface area contributed by atoms with Crippen LogP contribution < -0.4 is 0 Å². The summed E-state index contributed by atoms with van der Waals surface area (Å²) < 4.78 is 13.4. The predicted molar refractivity (Wildman–Crippen MR) is 161 cm³/mol. The van der Waals surface area contributed by atoms with E-state index in [1.54, 1.807) is 31.2 Å². The van der Waals surface area contributed by atoms with Crippen LogP contribution in [0.4, 0.5) is 0 Å². The molecule has 244 valence electrons. The zero-order valence-electron chi connectivity index (χ0n) is 26.7. The van der Waals surface area contributed by atoms with Gasteiger partial charge in [-0.05, 0) is 87.0 Å². The van der Waals surface area contributed by atoms with E-state index in [-0.39, 0.29) is 49.1 Å². The first-order chi connectivity index (χ1) is 20.4. The average Bonchev–Trinajstić information content (AvgIpc) is 3.39. The molecule has 0 bridgehead atoms. The molecule has 0 aromatic heterocycles. The number of ketones is 1. The van der Waals surface area contributed by atoms with Crippen molar-refractivity contribution in [3.63, 3.8) is 0 Å². The molecule has 4 fully saturated rings. The molecule has 3 saturated carbocycles. The SMILES string of the molecule is CC(C)[C@](C)(O)CC1OC(c2ccc(O)cc2)O[C@]1(C)[C@H]1CC[C@@]2(O)C3=CC(=O)C4CC(O)C(O)C[C@]4(C)[C@H]3C(O)C[C@]12C. The second-order valence-corrected chi connectivity index (χ2v) is 15.8. The van der Waals surface area contributed by atoms with Gasteiger partial charge in [-0.3, -0.25) is 4.79 Å². The van der Waals surface area contributed by atoms with Crippen LogP contribution in [0.15, 0.2) is 35.9 Å². The summed E-state index contributed by atoms with van der Waals surface area (Å²) in [6.07, 6.45) is -0.980.